The van der Waals surface area contributed by atoms with Crippen molar-refractivity contribution in [2.24, 2.45) is 7.05 Å². The number of nitrogens with zero attached hydrogens (tertiary/aromatic N) is 6. The molecule has 0 aliphatic rings. The summed E-state index contributed by atoms with van der Waals surface area (Å²) < 4.78 is 3.03. The number of amides is 1. The lowest BCUT2D eigenvalue weighted by Gasteiger charge is -2.20. The van der Waals surface area contributed by atoms with E-state index in [0.29, 0.717) is 29.1 Å². The Morgan fingerprint density at radius 2 is 1.80 bits per heavy atom. The summed E-state index contributed by atoms with van der Waals surface area (Å²) in [5.74, 6) is -0.0897. The lowest BCUT2D eigenvalue weighted by molar-refractivity contribution is -0.118. The van der Waals surface area contributed by atoms with E-state index < -0.39 is 0 Å². The first-order chi connectivity index (χ1) is 17.1. The number of aryl methyl sites for hydroxylation is 2. The van der Waals surface area contributed by atoms with Crippen molar-refractivity contribution in [1.82, 2.24) is 24.3 Å². The molecule has 35 heavy (non-hydrogen) atoms. The minimum Gasteiger partial charge on any atom is -0.298 e. The molecule has 176 valence electrons. The first kappa shape index (κ1) is 22.7. The minimum absolute atomic E-state index is 0.0897. The fraction of sp³-hybridized carbons (Fsp3) is 0.192. The van der Waals surface area contributed by atoms with E-state index >= 15 is 0 Å². The molecule has 0 atom stereocenters. The van der Waals surface area contributed by atoms with Gasteiger partial charge in [-0.05, 0) is 12.0 Å². The van der Waals surface area contributed by atoms with E-state index in [4.69, 9.17) is 4.98 Å². The van der Waals surface area contributed by atoms with Crippen LogP contribution in [0, 0.1) is 0 Å². The van der Waals surface area contributed by atoms with E-state index in [1.165, 1.54) is 28.4 Å². The number of benzene rings is 2. The van der Waals surface area contributed by atoms with Gasteiger partial charge in [-0.15, -0.1) is 11.3 Å². The second kappa shape index (κ2) is 10.0. The van der Waals surface area contributed by atoms with Crippen molar-refractivity contribution in [1.29, 1.82) is 0 Å². The van der Waals surface area contributed by atoms with Gasteiger partial charge in [0.1, 0.15) is 5.39 Å². The van der Waals surface area contributed by atoms with Crippen LogP contribution in [0.3, 0.4) is 0 Å². The fourth-order valence-electron chi connectivity index (χ4n) is 3.92. The molecule has 0 fully saturated rings. The lowest BCUT2D eigenvalue weighted by Crippen LogP contribution is -2.34. The Bertz CT molecular complexity index is 1510. The molecule has 2 aromatic carbocycles. The van der Waals surface area contributed by atoms with Crippen LogP contribution in [-0.2, 0) is 24.8 Å². The second-order valence-corrected chi connectivity index (χ2v) is 9.00. The van der Waals surface area contributed by atoms with Crippen LogP contribution in [-0.4, -0.2) is 36.8 Å². The molecule has 0 spiro atoms. The summed E-state index contributed by atoms with van der Waals surface area (Å²) in [4.78, 5) is 37.0. The first-order valence-corrected chi connectivity index (χ1v) is 12.2. The molecule has 9 heteroatoms. The van der Waals surface area contributed by atoms with E-state index in [0.717, 1.165) is 16.8 Å². The predicted octanol–water partition coefficient (Wildman–Crippen LogP) is 3.92. The van der Waals surface area contributed by atoms with Gasteiger partial charge in [0.05, 0.1) is 18.2 Å². The normalized spacial score (nSPS) is 11.1. The van der Waals surface area contributed by atoms with E-state index in [1.54, 1.807) is 16.6 Å². The van der Waals surface area contributed by atoms with Gasteiger partial charge >= 0.3 is 0 Å². The Balaban J connectivity index is 1.37. The summed E-state index contributed by atoms with van der Waals surface area (Å²) in [6.45, 7) is 0.730. The Kier molecular flexibility index (Phi) is 6.49. The summed E-state index contributed by atoms with van der Waals surface area (Å²) in [6.07, 6.45) is 3.85. The molecule has 3 aromatic heterocycles. The zero-order chi connectivity index (χ0) is 24.2. The minimum atomic E-state index is -0.202. The van der Waals surface area contributed by atoms with Crippen molar-refractivity contribution in [3.05, 3.63) is 94.5 Å². The van der Waals surface area contributed by atoms with Crippen LogP contribution in [0.1, 0.15) is 12.0 Å². The molecule has 1 amide bonds. The largest absolute Gasteiger partial charge is 0.298 e. The summed E-state index contributed by atoms with van der Waals surface area (Å²) in [5.41, 5.74) is 3.32. The predicted molar refractivity (Wildman–Crippen MR) is 137 cm³/mol. The van der Waals surface area contributed by atoms with E-state index in [1.807, 2.05) is 66.0 Å². The van der Waals surface area contributed by atoms with Crippen LogP contribution in [0.25, 0.3) is 22.3 Å². The maximum absolute atomic E-state index is 13.4. The Morgan fingerprint density at radius 1 is 1.06 bits per heavy atom. The van der Waals surface area contributed by atoms with Gasteiger partial charge < -0.3 is 0 Å². The molecule has 0 saturated heterocycles. The highest BCUT2D eigenvalue weighted by molar-refractivity contribution is 7.14. The summed E-state index contributed by atoms with van der Waals surface area (Å²) in [7, 11) is 1.74. The Labute approximate surface area is 206 Å². The van der Waals surface area contributed by atoms with Gasteiger partial charge in [-0.3, -0.25) is 23.7 Å². The average Bonchev–Trinajstić information content (AvgIpc) is 3.53. The summed E-state index contributed by atoms with van der Waals surface area (Å²) in [6, 6.07) is 20.0. The number of thiazole rings is 1. The molecule has 3 heterocycles. The zero-order valence-corrected chi connectivity index (χ0v) is 20.1. The number of hydrogen-bond acceptors (Lipinski definition) is 6. The maximum atomic E-state index is 13.4. The third kappa shape index (κ3) is 4.90. The number of anilines is 1. The van der Waals surface area contributed by atoms with Gasteiger partial charge in [0, 0.05) is 37.5 Å². The van der Waals surface area contributed by atoms with Gasteiger partial charge in [0.15, 0.2) is 10.8 Å². The van der Waals surface area contributed by atoms with Crippen molar-refractivity contribution in [2.75, 3.05) is 11.4 Å². The van der Waals surface area contributed by atoms with Crippen LogP contribution in [0.4, 0.5) is 5.13 Å². The summed E-state index contributed by atoms with van der Waals surface area (Å²) >= 11 is 1.45. The van der Waals surface area contributed by atoms with Crippen LogP contribution in [0.15, 0.2) is 83.4 Å². The molecule has 0 unspecified atom stereocenters. The third-order valence-corrected chi connectivity index (χ3v) is 6.71. The molecule has 0 radical (unpaired) electrons. The maximum Gasteiger partial charge on any atom is 0.264 e. The van der Waals surface area contributed by atoms with Gasteiger partial charge in [-0.25, -0.2) is 9.97 Å². The molecule has 0 saturated carbocycles. The zero-order valence-electron chi connectivity index (χ0n) is 19.2. The van der Waals surface area contributed by atoms with E-state index in [-0.39, 0.29) is 24.4 Å². The number of aromatic nitrogens is 5. The number of rotatable bonds is 8. The average molecular weight is 485 g/mol. The van der Waals surface area contributed by atoms with Crippen molar-refractivity contribution in [3.8, 4) is 11.3 Å². The van der Waals surface area contributed by atoms with Crippen molar-refractivity contribution in [3.63, 3.8) is 0 Å². The van der Waals surface area contributed by atoms with Gasteiger partial charge in [-0.1, -0.05) is 60.7 Å². The molecule has 8 nitrogen and oxygen atoms in total. The van der Waals surface area contributed by atoms with Crippen LogP contribution >= 0.6 is 11.3 Å². The van der Waals surface area contributed by atoms with Crippen LogP contribution in [0.5, 0.6) is 0 Å². The highest BCUT2D eigenvalue weighted by Gasteiger charge is 2.20. The molecular weight excluding hydrogens is 460 g/mol. The van der Waals surface area contributed by atoms with Crippen LogP contribution in [0.2, 0.25) is 0 Å². The van der Waals surface area contributed by atoms with Crippen molar-refractivity contribution >= 4 is 33.4 Å². The van der Waals surface area contributed by atoms with Crippen molar-refractivity contribution in [2.45, 2.75) is 19.4 Å². The number of carbonyl (C=O) groups excluding carboxylic acids is 1. The molecular formula is C26H24N6O2S. The first-order valence-electron chi connectivity index (χ1n) is 11.3. The van der Waals surface area contributed by atoms with Gasteiger partial charge in [0.25, 0.3) is 5.56 Å². The van der Waals surface area contributed by atoms with E-state index in [2.05, 4.69) is 10.1 Å². The molecule has 5 rings (SSSR count). The third-order valence-electron chi connectivity index (χ3n) is 5.85. The highest BCUT2D eigenvalue weighted by atomic mass is 32.1. The Morgan fingerprint density at radius 3 is 2.57 bits per heavy atom. The van der Waals surface area contributed by atoms with Crippen molar-refractivity contribution < 1.29 is 4.79 Å². The monoisotopic (exact) mass is 484 g/mol. The van der Waals surface area contributed by atoms with Gasteiger partial charge in [-0.2, -0.15) is 5.10 Å². The Hall–Kier alpha value is -4.11. The van der Waals surface area contributed by atoms with E-state index in [9.17, 15) is 9.59 Å². The number of hydrogen-bond donors (Lipinski definition) is 0. The topological polar surface area (TPSA) is 85.9 Å². The smallest absolute Gasteiger partial charge is 0.264 e. The second-order valence-electron chi connectivity index (χ2n) is 8.16. The standard InChI is InChI=1S/C26H24N6O2S/c1-30-24-21(16-28-30)25(34)31(18-27-24)14-13-23(33)32(15-12-19-8-4-2-5-9-19)26-29-22(17-35-26)20-10-6-3-7-11-20/h2-11,16-18H,12-15H2,1H3. The molecule has 0 N–H and O–H groups in total. The fourth-order valence-corrected chi connectivity index (χ4v) is 4.80. The molecule has 0 bridgehead atoms. The quantitative estimate of drug-likeness (QED) is 0.333. The van der Waals surface area contributed by atoms with Crippen LogP contribution < -0.4 is 10.5 Å². The molecule has 0 aliphatic heterocycles. The lowest BCUT2D eigenvalue weighted by atomic mass is 10.1. The number of fused-ring (bicyclic) bond motifs is 1. The molecule has 0 aliphatic carbocycles. The number of carbonyl (C=O) groups is 1. The molecule has 5 aromatic rings. The van der Waals surface area contributed by atoms with Gasteiger partial charge in [0.2, 0.25) is 5.91 Å². The highest BCUT2D eigenvalue weighted by Crippen LogP contribution is 2.28. The SMILES string of the molecule is Cn1ncc2c(=O)n(CCC(=O)N(CCc3ccccc3)c3nc(-c4ccccc4)cs3)cnc21. The summed E-state index contributed by atoms with van der Waals surface area (Å²) in [5, 5.41) is 7.16.